The van der Waals surface area contributed by atoms with Crippen LogP contribution in [0.15, 0.2) is 18.2 Å². The lowest BCUT2D eigenvalue weighted by atomic mass is 10.1. The molecule has 1 heterocycles. The molecule has 18 heavy (non-hydrogen) atoms. The molecule has 4 heteroatoms. The second kappa shape index (κ2) is 5.40. The van der Waals surface area contributed by atoms with E-state index in [2.05, 4.69) is 17.3 Å². The number of aromatic carboxylic acids is 1. The van der Waals surface area contributed by atoms with E-state index in [9.17, 15) is 9.90 Å². The third-order valence-corrected chi connectivity index (χ3v) is 3.48. The number of nitrogens with zero attached hydrogens (tertiary/aromatic N) is 1. The Labute approximate surface area is 108 Å². The van der Waals surface area contributed by atoms with Crippen molar-refractivity contribution in [3.63, 3.8) is 0 Å². The standard InChI is InChI=1S/C14H20N2O2/c1-10-3-4-13(12(7-10)14(17)18)15-8-11-5-6-16(2)9-11/h3-4,7,11,15H,5-6,8-9H2,1-2H3,(H,17,18). The molecule has 1 aromatic rings. The van der Waals surface area contributed by atoms with Gasteiger partial charge in [0, 0.05) is 18.8 Å². The van der Waals surface area contributed by atoms with Gasteiger partial charge in [-0.25, -0.2) is 4.79 Å². The van der Waals surface area contributed by atoms with Crippen LogP contribution in [0.3, 0.4) is 0 Å². The number of carbonyl (C=O) groups is 1. The van der Waals surface area contributed by atoms with Crippen molar-refractivity contribution in [2.75, 3.05) is 32.0 Å². The quantitative estimate of drug-likeness (QED) is 0.856. The highest BCUT2D eigenvalue weighted by molar-refractivity contribution is 5.94. The average molecular weight is 248 g/mol. The van der Waals surface area contributed by atoms with Crippen molar-refractivity contribution in [1.29, 1.82) is 0 Å². The van der Waals surface area contributed by atoms with Gasteiger partial charge in [0.2, 0.25) is 0 Å². The first-order valence-electron chi connectivity index (χ1n) is 6.32. The molecule has 4 nitrogen and oxygen atoms in total. The SMILES string of the molecule is Cc1ccc(NCC2CCN(C)C2)c(C(=O)O)c1. The predicted molar refractivity (Wildman–Crippen MR) is 72.2 cm³/mol. The number of nitrogens with one attached hydrogen (secondary N) is 1. The van der Waals surface area contributed by atoms with Gasteiger partial charge in [-0.15, -0.1) is 0 Å². The fraction of sp³-hybridized carbons (Fsp3) is 0.500. The van der Waals surface area contributed by atoms with E-state index in [-0.39, 0.29) is 0 Å². The molecule has 2 rings (SSSR count). The molecule has 0 spiro atoms. The fourth-order valence-corrected chi connectivity index (χ4v) is 2.44. The minimum absolute atomic E-state index is 0.362. The molecule has 1 fully saturated rings. The molecule has 0 aromatic heterocycles. The van der Waals surface area contributed by atoms with Crippen molar-refractivity contribution in [1.82, 2.24) is 4.90 Å². The third kappa shape index (κ3) is 3.01. The Hall–Kier alpha value is -1.55. The number of benzene rings is 1. The van der Waals surface area contributed by atoms with Crippen molar-refractivity contribution in [2.24, 2.45) is 5.92 Å². The molecule has 0 amide bonds. The zero-order chi connectivity index (χ0) is 13.1. The lowest BCUT2D eigenvalue weighted by Crippen LogP contribution is -2.20. The molecule has 1 aliphatic rings. The normalized spacial score (nSPS) is 20.0. The van der Waals surface area contributed by atoms with Crippen LogP contribution >= 0.6 is 0 Å². The van der Waals surface area contributed by atoms with E-state index in [0.717, 1.165) is 30.9 Å². The summed E-state index contributed by atoms with van der Waals surface area (Å²) in [6.45, 7) is 4.96. The fourth-order valence-electron chi connectivity index (χ4n) is 2.44. The summed E-state index contributed by atoms with van der Waals surface area (Å²) in [5.74, 6) is -0.261. The summed E-state index contributed by atoms with van der Waals surface area (Å²) in [5.41, 5.74) is 2.06. The van der Waals surface area contributed by atoms with Crippen LogP contribution in [-0.4, -0.2) is 42.7 Å². The number of likely N-dealkylation sites (tertiary alicyclic amines) is 1. The van der Waals surface area contributed by atoms with Crippen LogP contribution in [-0.2, 0) is 0 Å². The maximum absolute atomic E-state index is 11.2. The van der Waals surface area contributed by atoms with E-state index in [0.29, 0.717) is 11.5 Å². The van der Waals surface area contributed by atoms with Crippen LogP contribution in [0.1, 0.15) is 22.3 Å². The number of anilines is 1. The summed E-state index contributed by atoms with van der Waals surface area (Å²) in [4.78, 5) is 13.5. The summed E-state index contributed by atoms with van der Waals surface area (Å²) < 4.78 is 0. The Morgan fingerprint density at radius 3 is 2.94 bits per heavy atom. The molecular weight excluding hydrogens is 228 g/mol. The molecule has 0 aliphatic carbocycles. The maximum Gasteiger partial charge on any atom is 0.337 e. The van der Waals surface area contributed by atoms with Gasteiger partial charge in [0.15, 0.2) is 0 Å². The van der Waals surface area contributed by atoms with Gasteiger partial charge in [-0.2, -0.15) is 0 Å². The minimum Gasteiger partial charge on any atom is -0.478 e. The molecule has 1 saturated heterocycles. The van der Waals surface area contributed by atoms with Gasteiger partial charge in [0.1, 0.15) is 0 Å². The third-order valence-electron chi connectivity index (χ3n) is 3.48. The molecule has 1 atom stereocenters. The summed E-state index contributed by atoms with van der Waals surface area (Å²) in [6.07, 6.45) is 1.18. The molecule has 0 bridgehead atoms. The highest BCUT2D eigenvalue weighted by atomic mass is 16.4. The molecule has 0 saturated carbocycles. The Morgan fingerprint density at radius 1 is 1.56 bits per heavy atom. The average Bonchev–Trinajstić information content (AvgIpc) is 2.73. The van der Waals surface area contributed by atoms with Gasteiger partial charge in [-0.05, 0) is 45.0 Å². The molecule has 1 aliphatic heterocycles. The number of rotatable bonds is 4. The highest BCUT2D eigenvalue weighted by Gasteiger charge is 2.19. The van der Waals surface area contributed by atoms with Crippen LogP contribution in [0.4, 0.5) is 5.69 Å². The molecule has 1 unspecified atom stereocenters. The van der Waals surface area contributed by atoms with E-state index in [1.165, 1.54) is 6.42 Å². The smallest absolute Gasteiger partial charge is 0.337 e. The van der Waals surface area contributed by atoms with Crippen LogP contribution in [0.2, 0.25) is 0 Å². The van der Waals surface area contributed by atoms with E-state index >= 15 is 0 Å². The molecule has 0 radical (unpaired) electrons. The van der Waals surface area contributed by atoms with Gasteiger partial charge in [0.25, 0.3) is 0 Å². The molecule has 1 aromatic carbocycles. The zero-order valence-corrected chi connectivity index (χ0v) is 10.9. The van der Waals surface area contributed by atoms with Crippen LogP contribution < -0.4 is 5.32 Å². The van der Waals surface area contributed by atoms with Gasteiger partial charge >= 0.3 is 5.97 Å². The Bertz CT molecular complexity index is 445. The van der Waals surface area contributed by atoms with Gasteiger partial charge < -0.3 is 15.3 Å². The van der Waals surface area contributed by atoms with Crippen molar-refractivity contribution < 1.29 is 9.90 Å². The van der Waals surface area contributed by atoms with Crippen LogP contribution in [0, 0.1) is 12.8 Å². The van der Waals surface area contributed by atoms with Gasteiger partial charge in [0.05, 0.1) is 5.56 Å². The minimum atomic E-state index is -0.871. The number of hydrogen-bond acceptors (Lipinski definition) is 3. The first-order chi connectivity index (χ1) is 8.56. The number of aryl methyl sites for hydroxylation is 1. The van der Waals surface area contributed by atoms with Crippen LogP contribution in [0.5, 0.6) is 0 Å². The first kappa shape index (κ1) is 12.9. The van der Waals surface area contributed by atoms with Crippen molar-refractivity contribution >= 4 is 11.7 Å². The molecule has 98 valence electrons. The van der Waals surface area contributed by atoms with E-state index in [4.69, 9.17) is 0 Å². The first-order valence-corrected chi connectivity index (χ1v) is 6.32. The predicted octanol–water partition coefficient (Wildman–Crippen LogP) is 2.06. The summed E-state index contributed by atoms with van der Waals surface area (Å²) in [7, 11) is 2.12. The van der Waals surface area contributed by atoms with E-state index in [1.54, 1.807) is 6.07 Å². The van der Waals surface area contributed by atoms with Gasteiger partial charge in [-0.3, -0.25) is 0 Å². The number of hydrogen-bond donors (Lipinski definition) is 2. The van der Waals surface area contributed by atoms with Gasteiger partial charge in [-0.1, -0.05) is 11.6 Å². The number of carboxylic acid groups (broad SMARTS) is 1. The monoisotopic (exact) mass is 248 g/mol. The van der Waals surface area contributed by atoms with Crippen molar-refractivity contribution in [3.05, 3.63) is 29.3 Å². The lowest BCUT2D eigenvalue weighted by molar-refractivity contribution is 0.0698. The van der Waals surface area contributed by atoms with E-state index in [1.807, 2.05) is 19.1 Å². The Kier molecular flexibility index (Phi) is 3.87. The molecule has 2 N–H and O–H groups in total. The summed E-state index contributed by atoms with van der Waals surface area (Å²) in [5, 5.41) is 12.5. The number of carboxylic acids is 1. The maximum atomic E-state index is 11.2. The largest absolute Gasteiger partial charge is 0.478 e. The summed E-state index contributed by atoms with van der Waals surface area (Å²) in [6, 6.07) is 5.51. The van der Waals surface area contributed by atoms with Crippen molar-refractivity contribution in [2.45, 2.75) is 13.3 Å². The van der Waals surface area contributed by atoms with Crippen molar-refractivity contribution in [3.8, 4) is 0 Å². The Morgan fingerprint density at radius 2 is 2.33 bits per heavy atom. The van der Waals surface area contributed by atoms with E-state index < -0.39 is 5.97 Å². The van der Waals surface area contributed by atoms with Crippen LogP contribution in [0.25, 0.3) is 0 Å². The Balaban J connectivity index is 2.02. The highest BCUT2D eigenvalue weighted by Crippen LogP contribution is 2.20. The second-order valence-electron chi connectivity index (χ2n) is 5.15. The molecular formula is C14H20N2O2. The summed E-state index contributed by atoms with van der Waals surface area (Å²) >= 11 is 0. The lowest BCUT2D eigenvalue weighted by Gasteiger charge is -2.14. The second-order valence-corrected chi connectivity index (χ2v) is 5.15. The zero-order valence-electron chi connectivity index (χ0n) is 10.9. The topological polar surface area (TPSA) is 52.6 Å².